The first-order chi connectivity index (χ1) is 14.2. The molecular weight excluding hydrogens is 393 g/mol. The zero-order chi connectivity index (χ0) is 22.0. The summed E-state index contributed by atoms with van der Waals surface area (Å²) in [5.41, 5.74) is 0.359. The van der Waals surface area contributed by atoms with Crippen molar-refractivity contribution >= 4 is 23.1 Å². The Kier molecular flexibility index (Phi) is 5.93. The van der Waals surface area contributed by atoms with Crippen LogP contribution in [0, 0.1) is 15.9 Å². The highest BCUT2D eigenvalue weighted by Crippen LogP contribution is 2.39. The Morgan fingerprint density at radius 2 is 1.73 bits per heavy atom. The van der Waals surface area contributed by atoms with Crippen LogP contribution in [-0.2, 0) is 9.59 Å². The van der Waals surface area contributed by atoms with Crippen LogP contribution in [0.1, 0.15) is 17.2 Å². The number of aliphatic hydroxyl groups is 1. The van der Waals surface area contributed by atoms with Gasteiger partial charge < -0.3 is 14.9 Å². The summed E-state index contributed by atoms with van der Waals surface area (Å²) in [6.45, 7) is 0.673. The number of halogens is 1. The van der Waals surface area contributed by atoms with Crippen LogP contribution in [0.5, 0.6) is 0 Å². The summed E-state index contributed by atoms with van der Waals surface area (Å²) in [4.78, 5) is 39.1. The lowest BCUT2D eigenvalue weighted by Gasteiger charge is -2.26. The van der Waals surface area contributed by atoms with Crippen molar-refractivity contribution < 1.29 is 24.0 Å². The lowest BCUT2D eigenvalue weighted by molar-refractivity contribution is -0.384. The van der Waals surface area contributed by atoms with E-state index in [1.165, 1.54) is 41.3 Å². The number of carbonyl (C=O) groups excluding carboxylic acids is 2. The van der Waals surface area contributed by atoms with Gasteiger partial charge in [-0.2, -0.15) is 0 Å². The van der Waals surface area contributed by atoms with Crippen molar-refractivity contribution in [2.75, 3.05) is 27.2 Å². The number of nitro benzene ring substituents is 1. The summed E-state index contributed by atoms with van der Waals surface area (Å²) in [6, 6.07) is 9.44. The molecule has 1 saturated heterocycles. The van der Waals surface area contributed by atoms with E-state index in [4.69, 9.17) is 0 Å². The van der Waals surface area contributed by atoms with E-state index in [0.29, 0.717) is 12.1 Å². The van der Waals surface area contributed by atoms with E-state index in [2.05, 4.69) is 0 Å². The van der Waals surface area contributed by atoms with Gasteiger partial charge in [0.05, 0.1) is 16.5 Å². The number of nitrogens with zero attached hydrogens (tertiary/aromatic N) is 3. The molecule has 0 bridgehead atoms. The largest absolute Gasteiger partial charge is 0.507 e. The molecule has 1 N–H and O–H groups in total. The van der Waals surface area contributed by atoms with Crippen molar-refractivity contribution in [2.45, 2.75) is 6.04 Å². The van der Waals surface area contributed by atoms with Crippen molar-refractivity contribution in [3.05, 3.63) is 81.2 Å². The zero-order valence-electron chi connectivity index (χ0n) is 16.4. The number of non-ortho nitro benzene ring substituents is 1. The predicted octanol–water partition coefficient (Wildman–Crippen LogP) is 2.72. The minimum absolute atomic E-state index is 0.137. The molecular formula is C21H20FN3O5. The molecule has 1 aliphatic rings. The Hall–Kier alpha value is -3.59. The average Bonchev–Trinajstić information content (AvgIpc) is 2.97. The van der Waals surface area contributed by atoms with Crippen LogP contribution in [0.3, 0.4) is 0 Å². The van der Waals surface area contributed by atoms with Crippen molar-refractivity contribution in [1.82, 2.24) is 9.80 Å². The molecule has 156 valence electrons. The van der Waals surface area contributed by atoms with Crippen molar-refractivity contribution in [3.63, 3.8) is 0 Å². The summed E-state index contributed by atoms with van der Waals surface area (Å²) in [5, 5.41) is 21.8. The number of likely N-dealkylation sites (N-methyl/N-ethyl adjacent to an activating group) is 1. The van der Waals surface area contributed by atoms with E-state index in [1.807, 2.05) is 19.0 Å². The Morgan fingerprint density at radius 3 is 2.27 bits per heavy atom. The van der Waals surface area contributed by atoms with Crippen LogP contribution in [0.2, 0.25) is 0 Å². The summed E-state index contributed by atoms with van der Waals surface area (Å²) < 4.78 is 13.3. The zero-order valence-corrected chi connectivity index (χ0v) is 16.4. The van der Waals surface area contributed by atoms with Gasteiger partial charge in [-0.1, -0.05) is 0 Å². The molecule has 0 aliphatic carbocycles. The first-order valence-corrected chi connectivity index (χ1v) is 9.14. The number of aliphatic hydroxyl groups excluding tert-OH is 1. The second-order valence-corrected chi connectivity index (χ2v) is 7.15. The number of ketones is 1. The summed E-state index contributed by atoms with van der Waals surface area (Å²) in [7, 11) is 3.63. The van der Waals surface area contributed by atoms with Crippen LogP contribution in [-0.4, -0.2) is 58.7 Å². The number of hydrogen-bond donors (Lipinski definition) is 1. The fourth-order valence-electron chi connectivity index (χ4n) is 3.31. The van der Waals surface area contributed by atoms with Crippen molar-refractivity contribution in [1.29, 1.82) is 0 Å². The number of nitro groups is 1. The van der Waals surface area contributed by atoms with Crippen LogP contribution < -0.4 is 0 Å². The normalized spacial score (nSPS) is 18.3. The highest BCUT2D eigenvalue weighted by Gasteiger charge is 2.45. The Bertz CT molecular complexity index is 1020. The molecule has 3 rings (SSSR count). The van der Waals surface area contributed by atoms with Gasteiger partial charge in [0.25, 0.3) is 17.4 Å². The maximum atomic E-state index is 13.3. The molecule has 0 radical (unpaired) electrons. The lowest BCUT2D eigenvalue weighted by atomic mass is 9.95. The van der Waals surface area contributed by atoms with Gasteiger partial charge in [0.2, 0.25) is 0 Å². The Balaban J connectivity index is 2.13. The first-order valence-electron chi connectivity index (χ1n) is 9.14. The number of Topliss-reactive ketones (excluding diaryl/α,β-unsaturated/α-hetero) is 1. The van der Waals surface area contributed by atoms with Crippen LogP contribution in [0.4, 0.5) is 10.1 Å². The second kappa shape index (κ2) is 8.42. The van der Waals surface area contributed by atoms with Crippen LogP contribution >= 0.6 is 0 Å². The van der Waals surface area contributed by atoms with Gasteiger partial charge in [-0.25, -0.2) is 4.39 Å². The van der Waals surface area contributed by atoms with E-state index in [9.17, 15) is 29.2 Å². The monoisotopic (exact) mass is 413 g/mol. The van der Waals surface area contributed by atoms with E-state index in [-0.39, 0.29) is 23.4 Å². The van der Waals surface area contributed by atoms with Gasteiger partial charge in [-0.3, -0.25) is 19.7 Å². The minimum atomic E-state index is -0.921. The molecule has 0 unspecified atom stereocenters. The highest BCUT2D eigenvalue weighted by molar-refractivity contribution is 6.46. The molecule has 9 heteroatoms. The number of benzene rings is 2. The van der Waals surface area contributed by atoms with Crippen molar-refractivity contribution in [2.24, 2.45) is 0 Å². The predicted molar refractivity (Wildman–Crippen MR) is 107 cm³/mol. The van der Waals surface area contributed by atoms with Crippen LogP contribution in [0.25, 0.3) is 5.76 Å². The van der Waals surface area contributed by atoms with E-state index in [0.717, 1.165) is 12.1 Å². The van der Waals surface area contributed by atoms with Gasteiger partial charge in [-0.05, 0) is 56.1 Å². The number of amides is 1. The molecule has 0 aromatic heterocycles. The van der Waals surface area contributed by atoms with Gasteiger partial charge in [0.15, 0.2) is 0 Å². The number of rotatable bonds is 6. The van der Waals surface area contributed by atoms with Gasteiger partial charge in [0.1, 0.15) is 11.6 Å². The molecule has 1 atom stereocenters. The smallest absolute Gasteiger partial charge is 0.295 e. The van der Waals surface area contributed by atoms with E-state index < -0.39 is 34.2 Å². The maximum Gasteiger partial charge on any atom is 0.295 e. The second-order valence-electron chi connectivity index (χ2n) is 7.15. The molecule has 2 aromatic carbocycles. The fourth-order valence-corrected chi connectivity index (χ4v) is 3.31. The molecule has 30 heavy (non-hydrogen) atoms. The average molecular weight is 413 g/mol. The SMILES string of the molecule is CN(C)CCN1C(=O)C(=O)C(=C(O)c2ccc(F)cc2)[C@H]1c1ccc([N+](=O)[O-])cc1. The van der Waals surface area contributed by atoms with Gasteiger partial charge >= 0.3 is 0 Å². The summed E-state index contributed by atoms with van der Waals surface area (Å²) in [6.07, 6.45) is 0. The lowest BCUT2D eigenvalue weighted by Crippen LogP contribution is -2.35. The third kappa shape index (κ3) is 4.06. The third-order valence-electron chi connectivity index (χ3n) is 4.87. The molecule has 1 amide bonds. The molecule has 1 fully saturated rings. The number of likely N-dealkylation sites (tertiary alicyclic amines) is 1. The molecule has 1 aliphatic heterocycles. The Labute approximate surface area is 172 Å². The van der Waals surface area contributed by atoms with Crippen molar-refractivity contribution in [3.8, 4) is 0 Å². The van der Waals surface area contributed by atoms with Crippen LogP contribution in [0.15, 0.2) is 54.1 Å². The third-order valence-corrected chi connectivity index (χ3v) is 4.87. The molecule has 8 nitrogen and oxygen atoms in total. The molecule has 2 aromatic rings. The summed E-state index contributed by atoms with van der Waals surface area (Å²) in [5.74, 6) is -2.57. The molecule has 1 heterocycles. The van der Waals surface area contributed by atoms with Gasteiger partial charge in [-0.15, -0.1) is 0 Å². The fraction of sp³-hybridized carbons (Fsp3) is 0.238. The quantitative estimate of drug-likeness (QED) is 0.257. The van der Waals surface area contributed by atoms with Gasteiger partial charge in [0, 0.05) is 30.8 Å². The minimum Gasteiger partial charge on any atom is -0.507 e. The summed E-state index contributed by atoms with van der Waals surface area (Å²) >= 11 is 0. The number of carbonyl (C=O) groups is 2. The highest BCUT2D eigenvalue weighted by atomic mass is 19.1. The Morgan fingerprint density at radius 1 is 1.13 bits per heavy atom. The standard InChI is InChI=1S/C21H20FN3O5/c1-23(2)11-12-24-18(13-5-9-16(10-6-13)25(29)30)17(20(27)21(24)28)19(26)14-3-7-15(22)8-4-14/h3-10,18,26H,11-12H2,1-2H3/t18-/m1/s1. The first kappa shape index (κ1) is 21.1. The maximum absolute atomic E-state index is 13.3. The molecule has 0 saturated carbocycles. The van der Waals surface area contributed by atoms with E-state index >= 15 is 0 Å². The topological polar surface area (TPSA) is 104 Å². The number of hydrogen-bond acceptors (Lipinski definition) is 6. The molecule has 0 spiro atoms. The van der Waals surface area contributed by atoms with E-state index in [1.54, 1.807) is 0 Å².